The molecule has 0 unspecified atom stereocenters. The predicted octanol–water partition coefficient (Wildman–Crippen LogP) is 3.90. The fourth-order valence-corrected chi connectivity index (χ4v) is 2.01. The van der Waals surface area contributed by atoms with Crippen LogP contribution < -0.4 is 4.74 Å². The van der Waals surface area contributed by atoms with Gasteiger partial charge in [-0.2, -0.15) is 0 Å². The van der Waals surface area contributed by atoms with Crippen LogP contribution in [0.25, 0.3) is 0 Å². The van der Waals surface area contributed by atoms with E-state index in [0.29, 0.717) is 0 Å². The Bertz CT molecular complexity index is 313. The first-order valence-corrected chi connectivity index (χ1v) is 6.59. The topological polar surface area (TPSA) is 29.5 Å². The van der Waals surface area contributed by atoms with E-state index in [2.05, 4.69) is 22.9 Å². The molecule has 0 saturated heterocycles. The molecule has 0 radical (unpaired) electrons. The van der Waals surface area contributed by atoms with Crippen molar-refractivity contribution in [1.82, 2.24) is 0 Å². The fourth-order valence-electron chi connectivity index (χ4n) is 1.47. The second kappa shape index (κ2) is 7.69. The summed E-state index contributed by atoms with van der Waals surface area (Å²) in [6.07, 6.45) is 4.84. The highest BCUT2D eigenvalue weighted by Crippen LogP contribution is 2.26. The molecule has 0 amide bonds. The zero-order valence-electron chi connectivity index (χ0n) is 9.71. The zero-order chi connectivity index (χ0) is 11.8. The van der Waals surface area contributed by atoms with Gasteiger partial charge in [-0.05, 0) is 40.0 Å². The third kappa shape index (κ3) is 4.54. The quantitative estimate of drug-likeness (QED) is 0.771. The van der Waals surface area contributed by atoms with Crippen LogP contribution >= 0.6 is 15.9 Å². The van der Waals surface area contributed by atoms with Crippen LogP contribution in [0.2, 0.25) is 0 Å². The highest BCUT2D eigenvalue weighted by Gasteiger charge is 2.01. The van der Waals surface area contributed by atoms with Gasteiger partial charge >= 0.3 is 0 Å². The van der Waals surface area contributed by atoms with Crippen molar-refractivity contribution in [2.75, 3.05) is 6.61 Å². The van der Waals surface area contributed by atoms with E-state index in [0.717, 1.165) is 28.8 Å². The molecule has 1 rings (SSSR count). The van der Waals surface area contributed by atoms with E-state index in [1.807, 2.05) is 18.2 Å². The first kappa shape index (κ1) is 13.5. The van der Waals surface area contributed by atoms with Crippen LogP contribution in [0.5, 0.6) is 5.75 Å². The minimum absolute atomic E-state index is 0.0649. The molecule has 0 atom stereocenters. The molecule has 0 spiro atoms. The summed E-state index contributed by atoms with van der Waals surface area (Å²) in [6.45, 7) is 3.03. The highest BCUT2D eigenvalue weighted by atomic mass is 79.9. The molecule has 0 aliphatic heterocycles. The van der Waals surface area contributed by atoms with Gasteiger partial charge in [0.05, 0.1) is 17.7 Å². The number of halogens is 1. The Labute approximate surface area is 106 Å². The Hall–Kier alpha value is -0.540. The van der Waals surface area contributed by atoms with Gasteiger partial charge in [0.25, 0.3) is 0 Å². The van der Waals surface area contributed by atoms with E-state index in [1.54, 1.807) is 0 Å². The summed E-state index contributed by atoms with van der Waals surface area (Å²) in [4.78, 5) is 0. The Balaban J connectivity index is 2.36. The lowest BCUT2D eigenvalue weighted by Crippen LogP contribution is -1.98. The van der Waals surface area contributed by atoms with Crippen LogP contribution in [0.3, 0.4) is 0 Å². The zero-order valence-corrected chi connectivity index (χ0v) is 11.3. The number of unbranched alkanes of at least 4 members (excludes halogenated alkanes) is 3. The van der Waals surface area contributed by atoms with Gasteiger partial charge in [-0.1, -0.05) is 32.3 Å². The maximum absolute atomic E-state index is 8.96. The average Bonchev–Trinajstić information content (AvgIpc) is 2.30. The van der Waals surface area contributed by atoms with Gasteiger partial charge in [-0.25, -0.2) is 0 Å². The Morgan fingerprint density at radius 2 is 2.06 bits per heavy atom. The van der Waals surface area contributed by atoms with Crippen molar-refractivity contribution in [1.29, 1.82) is 0 Å². The second-order valence-electron chi connectivity index (χ2n) is 3.83. The molecule has 90 valence electrons. The lowest BCUT2D eigenvalue weighted by molar-refractivity contribution is 0.280. The van der Waals surface area contributed by atoms with Crippen LogP contribution in [0.1, 0.15) is 38.2 Å². The smallest absolute Gasteiger partial charge is 0.133 e. The minimum Gasteiger partial charge on any atom is -0.492 e. The van der Waals surface area contributed by atoms with E-state index < -0.39 is 0 Å². The molecule has 0 fully saturated rings. The van der Waals surface area contributed by atoms with E-state index in [1.165, 1.54) is 19.3 Å². The lowest BCUT2D eigenvalue weighted by atomic mass is 10.2. The van der Waals surface area contributed by atoms with Crippen molar-refractivity contribution in [3.63, 3.8) is 0 Å². The molecule has 1 aromatic carbocycles. The number of aliphatic hydroxyl groups is 1. The van der Waals surface area contributed by atoms with Crippen LogP contribution in [0.15, 0.2) is 22.7 Å². The molecule has 1 N–H and O–H groups in total. The van der Waals surface area contributed by atoms with Gasteiger partial charge in [0.1, 0.15) is 5.75 Å². The summed E-state index contributed by atoms with van der Waals surface area (Å²) in [6, 6.07) is 5.67. The Morgan fingerprint density at radius 1 is 1.25 bits per heavy atom. The molecule has 0 aromatic heterocycles. The van der Waals surface area contributed by atoms with E-state index in [9.17, 15) is 0 Å². The minimum atomic E-state index is 0.0649. The molecule has 16 heavy (non-hydrogen) atoms. The van der Waals surface area contributed by atoms with Crippen LogP contribution in [0.4, 0.5) is 0 Å². The van der Waals surface area contributed by atoms with Crippen LogP contribution in [-0.2, 0) is 6.61 Å². The first-order chi connectivity index (χ1) is 7.77. The van der Waals surface area contributed by atoms with Gasteiger partial charge in [-0.15, -0.1) is 0 Å². The predicted molar refractivity (Wildman–Crippen MR) is 69.7 cm³/mol. The van der Waals surface area contributed by atoms with Crippen molar-refractivity contribution in [2.24, 2.45) is 0 Å². The molecular weight excluding hydrogens is 268 g/mol. The number of aliphatic hydroxyl groups excluding tert-OH is 1. The summed E-state index contributed by atoms with van der Waals surface area (Å²) in [5.74, 6) is 0.855. The van der Waals surface area contributed by atoms with Gasteiger partial charge in [0, 0.05) is 0 Å². The summed E-state index contributed by atoms with van der Waals surface area (Å²) < 4.78 is 6.57. The molecule has 0 bridgehead atoms. The first-order valence-electron chi connectivity index (χ1n) is 5.80. The standard InChI is InChI=1S/C13H19BrO2/c1-2-3-4-5-8-16-13-7-6-11(10-15)9-12(13)14/h6-7,9,15H,2-5,8,10H2,1H3. The SMILES string of the molecule is CCCCCCOc1ccc(CO)cc1Br. The largest absolute Gasteiger partial charge is 0.492 e. The fraction of sp³-hybridized carbons (Fsp3) is 0.538. The third-order valence-corrected chi connectivity index (χ3v) is 3.05. The molecule has 0 heterocycles. The molecule has 2 nitrogen and oxygen atoms in total. The summed E-state index contributed by atoms with van der Waals surface area (Å²) in [7, 11) is 0. The summed E-state index contributed by atoms with van der Waals surface area (Å²) in [5, 5.41) is 8.96. The van der Waals surface area contributed by atoms with E-state index >= 15 is 0 Å². The number of hydrogen-bond donors (Lipinski definition) is 1. The van der Waals surface area contributed by atoms with Crippen LogP contribution in [-0.4, -0.2) is 11.7 Å². The second-order valence-corrected chi connectivity index (χ2v) is 4.69. The number of benzene rings is 1. The average molecular weight is 287 g/mol. The summed E-state index contributed by atoms with van der Waals surface area (Å²) in [5.41, 5.74) is 0.894. The molecule has 0 saturated carbocycles. The molecule has 1 aromatic rings. The third-order valence-electron chi connectivity index (χ3n) is 2.43. The van der Waals surface area contributed by atoms with Crippen molar-refractivity contribution in [2.45, 2.75) is 39.2 Å². The van der Waals surface area contributed by atoms with Gasteiger partial charge in [0.2, 0.25) is 0 Å². The maximum atomic E-state index is 8.96. The van der Waals surface area contributed by atoms with Gasteiger partial charge in [0.15, 0.2) is 0 Å². The normalized spacial score (nSPS) is 10.4. The van der Waals surface area contributed by atoms with Gasteiger partial charge in [-0.3, -0.25) is 0 Å². The highest BCUT2D eigenvalue weighted by molar-refractivity contribution is 9.10. The number of hydrogen-bond acceptors (Lipinski definition) is 2. The van der Waals surface area contributed by atoms with Crippen molar-refractivity contribution >= 4 is 15.9 Å². The molecule has 0 aliphatic carbocycles. The van der Waals surface area contributed by atoms with Gasteiger partial charge < -0.3 is 9.84 Å². The van der Waals surface area contributed by atoms with Crippen molar-refractivity contribution < 1.29 is 9.84 Å². The van der Waals surface area contributed by atoms with E-state index in [4.69, 9.17) is 9.84 Å². The van der Waals surface area contributed by atoms with Crippen LogP contribution in [0, 0.1) is 0 Å². The lowest BCUT2D eigenvalue weighted by Gasteiger charge is -2.08. The van der Waals surface area contributed by atoms with Crippen molar-refractivity contribution in [3.8, 4) is 5.75 Å². The number of ether oxygens (including phenoxy) is 1. The van der Waals surface area contributed by atoms with Crippen molar-refractivity contribution in [3.05, 3.63) is 28.2 Å². The Kier molecular flexibility index (Phi) is 6.50. The molecular formula is C13H19BrO2. The number of rotatable bonds is 7. The van der Waals surface area contributed by atoms with E-state index in [-0.39, 0.29) is 6.61 Å². The molecule has 3 heteroatoms. The maximum Gasteiger partial charge on any atom is 0.133 e. The summed E-state index contributed by atoms with van der Waals surface area (Å²) >= 11 is 3.43. The Morgan fingerprint density at radius 3 is 2.69 bits per heavy atom. The monoisotopic (exact) mass is 286 g/mol. The molecule has 0 aliphatic rings.